The largest absolute Gasteiger partial charge is 0.416 e. The molecule has 0 unspecified atom stereocenters. The van der Waals surface area contributed by atoms with E-state index in [0.717, 1.165) is 0 Å². The van der Waals surface area contributed by atoms with E-state index in [1.165, 1.54) is 6.07 Å². The average Bonchev–Trinajstić information content (AvgIpc) is 3.43. The molecule has 28 heteroatoms. The van der Waals surface area contributed by atoms with Crippen LogP contribution in [0.3, 0.4) is 0 Å². The zero-order chi connectivity index (χ0) is 59.3. The van der Waals surface area contributed by atoms with Crippen LogP contribution in [0.5, 0.6) is 0 Å². The molecule has 0 aliphatic rings. The monoisotopic (exact) mass is 1160 g/mol. The van der Waals surface area contributed by atoms with Crippen LogP contribution in [0.1, 0.15) is 54.9 Å². The van der Waals surface area contributed by atoms with Crippen molar-refractivity contribution in [2.75, 3.05) is 0 Å². The van der Waals surface area contributed by atoms with Crippen LogP contribution in [0, 0.1) is 5.82 Å². The summed E-state index contributed by atoms with van der Waals surface area (Å²) in [5.41, 5.74) is -28.4. The number of halogens is 25. The van der Waals surface area contributed by atoms with Crippen molar-refractivity contribution in [1.29, 1.82) is 0 Å². The van der Waals surface area contributed by atoms with Gasteiger partial charge in [-0.15, -0.1) is 0 Å². The van der Waals surface area contributed by atoms with Gasteiger partial charge in [0.05, 0.1) is 50.1 Å². The summed E-state index contributed by atoms with van der Waals surface area (Å²) in [6.45, 7) is 0.175. The van der Waals surface area contributed by atoms with Crippen molar-refractivity contribution in [3.8, 4) is 11.3 Å². The molecule has 2 nitrogen and oxygen atoms in total. The summed E-state index contributed by atoms with van der Waals surface area (Å²) < 4.78 is 357. The standard InChI is InChI=1S/C32H12BF24.C19H15FNO/c34-25(35,36)13-1-14(26(37,38)39)6-21(5-13)33(22-7-15(27(40,41)42)2-16(8-22)28(43,44)45,23-9-17(29(46,47)48)3-18(10-23)30(49,50)51)24-11-19(31(52,53)54)4-20(12-24)32(55,56)57;20-17-11-5-4-10-16(17)18-12-6-7-13-21(18)14-19(22)15-8-2-1-3-9-15/h1-12H;1-13H,14H2/q-1;+1. The Bertz CT molecular complexity index is 2910. The molecule has 0 N–H and O–H groups in total. The lowest BCUT2D eigenvalue weighted by atomic mass is 9.12. The van der Waals surface area contributed by atoms with E-state index in [9.17, 15) is 115 Å². The number of aromatic nitrogens is 1. The Morgan fingerprint density at radius 2 is 0.608 bits per heavy atom. The Balaban J connectivity index is 0.000000378. The van der Waals surface area contributed by atoms with Gasteiger partial charge in [0.1, 0.15) is 12.0 Å². The third-order valence-corrected chi connectivity index (χ3v) is 11.9. The highest BCUT2D eigenvalue weighted by Gasteiger charge is 2.47. The number of Topliss-reactive ketones (excluding diaryl/α,β-unsaturated/α-hetero) is 1. The maximum Gasteiger partial charge on any atom is 0.416 e. The Hall–Kier alpha value is -7.55. The summed E-state index contributed by atoms with van der Waals surface area (Å²) in [6.07, 6.45) is -53.0. The molecule has 0 aliphatic carbocycles. The number of carbonyl (C=O) groups excluding carboxylic acids is 1. The number of benzene rings is 6. The Labute approximate surface area is 427 Å². The van der Waals surface area contributed by atoms with Crippen molar-refractivity contribution in [3.05, 3.63) is 208 Å². The predicted molar refractivity (Wildman–Crippen MR) is 233 cm³/mol. The van der Waals surface area contributed by atoms with Crippen molar-refractivity contribution in [1.82, 2.24) is 0 Å². The van der Waals surface area contributed by atoms with E-state index < -0.39 is 195 Å². The summed E-state index contributed by atoms with van der Waals surface area (Å²) in [6, 6.07) is 12.4. The summed E-state index contributed by atoms with van der Waals surface area (Å²) in [4.78, 5) is 12.4. The van der Waals surface area contributed by atoms with Gasteiger partial charge < -0.3 is 0 Å². The van der Waals surface area contributed by atoms with Crippen molar-refractivity contribution >= 4 is 33.8 Å². The molecule has 0 bridgehead atoms. The highest BCUT2D eigenvalue weighted by molar-refractivity contribution is 7.20. The summed E-state index contributed by atoms with van der Waals surface area (Å²) >= 11 is 0. The van der Waals surface area contributed by atoms with E-state index in [2.05, 4.69) is 0 Å². The summed E-state index contributed by atoms with van der Waals surface area (Å²) in [5, 5.41) is 0. The minimum atomic E-state index is -6.13. The van der Waals surface area contributed by atoms with Crippen LogP contribution < -0.4 is 26.4 Å². The van der Waals surface area contributed by atoms with Crippen molar-refractivity contribution in [2.45, 2.75) is 56.0 Å². The highest BCUT2D eigenvalue weighted by atomic mass is 19.4. The van der Waals surface area contributed by atoms with E-state index in [-0.39, 0.29) is 18.1 Å². The number of carbonyl (C=O) groups is 1. The zero-order valence-corrected chi connectivity index (χ0v) is 38.5. The molecule has 79 heavy (non-hydrogen) atoms. The summed E-state index contributed by atoms with van der Waals surface area (Å²) in [5.74, 6) is -0.302. The lowest BCUT2D eigenvalue weighted by Gasteiger charge is -2.46. The van der Waals surface area contributed by atoms with Gasteiger partial charge in [-0.3, -0.25) is 4.79 Å². The number of pyridine rings is 1. The molecule has 7 aromatic rings. The minimum Gasteiger partial charge on any atom is -0.287 e. The fraction of sp³-hybridized carbons (Fsp3) is 0.176. The third kappa shape index (κ3) is 13.8. The van der Waals surface area contributed by atoms with Crippen LogP contribution in [-0.4, -0.2) is 11.9 Å². The molecule has 1 aromatic heterocycles. The molecule has 0 atom stereocenters. The quantitative estimate of drug-likeness (QED) is 0.0643. The number of rotatable bonds is 8. The molecule has 420 valence electrons. The van der Waals surface area contributed by atoms with Crippen molar-refractivity contribution in [3.63, 3.8) is 0 Å². The van der Waals surface area contributed by atoms with E-state index >= 15 is 0 Å². The normalized spacial score (nSPS) is 13.2. The highest BCUT2D eigenvalue weighted by Crippen LogP contribution is 2.41. The maximum atomic E-state index is 14.2. The van der Waals surface area contributed by atoms with Gasteiger partial charge in [0, 0.05) is 17.7 Å². The zero-order valence-electron chi connectivity index (χ0n) is 38.5. The predicted octanol–water partition coefficient (Wildman–Crippen LogP) is 14.9. The number of ketones is 1. The molecule has 0 saturated carbocycles. The first-order valence-corrected chi connectivity index (χ1v) is 21.7. The minimum absolute atomic E-state index is 0.00520. The van der Waals surface area contributed by atoms with Crippen LogP contribution in [-0.2, 0) is 56.0 Å². The van der Waals surface area contributed by atoms with Gasteiger partial charge in [0.25, 0.3) is 0 Å². The molecule has 0 amide bonds. The molecular weight excluding hydrogens is 1130 g/mol. The van der Waals surface area contributed by atoms with Crippen molar-refractivity contribution < 1.29 is 119 Å². The molecular formula is C51H27BF25NO. The Morgan fingerprint density at radius 3 is 0.886 bits per heavy atom. The average molecular weight is 1160 g/mol. The lowest BCUT2D eigenvalue weighted by Crippen LogP contribution is -2.75. The number of alkyl halides is 24. The Morgan fingerprint density at radius 1 is 0.342 bits per heavy atom. The Kier molecular flexibility index (Phi) is 16.3. The van der Waals surface area contributed by atoms with E-state index in [1.807, 2.05) is 36.4 Å². The fourth-order valence-electron chi connectivity index (χ4n) is 8.47. The van der Waals surface area contributed by atoms with Crippen molar-refractivity contribution in [2.24, 2.45) is 0 Å². The first-order chi connectivity index (χ1) is 36.0. The van der Waals surface area contributed by atoms with Gasteiger partial charge in [-0.05, 0) is 42.5 Å². The molecule has 6 aromatic carbocycles. The number of hydrogen-bond donors (Lipinski definition) is 0. The van der Waals surface area contributed by atoms with Crippen LogP contribution >= 0.6 is 0 Å². The van der Waals surface area contributed by atoms with Crippen LogP contribution in [0.4, 0.5) is 110 Å². The van der Waals surface area contributed by atoms with Gasteiger partial charge in [-0.2, -0.15) is 132 Å². The van der Waals surface area contributed by atoms with Crippen LogP contribution in [0.25, 0.3) is 11.3 Å². The molecule has 0 aliphatic heterocycles. The molecule has 7 rings (SSSR count). The second-order valence-corrected chi connectivity index (χ2v) is 17.2. The van der Waals surface area contributed by atoms with Gasteiger partial charge >= 0.3 is 49.4 Å². The SMILES string of the molecule is FC(F)(F)c1cc([B-](c2cc(C(F)(F)F)cc(C(F)(F)F)c2)(c2cc(C(F)(F)F)cc(C(F)(F)F)c2)c2cc(C(F)(F)F)cc(C(F)(F)F)c2)cc(C(F)(F)F)c1.O=C(C[n+]1ccccc1-c1ccccc1F)c1ccccc1. The second-order valence-electron chi connectivity index (χ2n) is 17.2. The fourth-order valence-corrected chi connectivity index (χ4v) is 8.47. The second kappa shape index (κ2) is 21.3. The molecule has 0 radical (unpaired) electrons. The molecule has 0 fully saturated rings. The van der Waals surface area contributed by atoms with Gasteiger partial charge in [0.2, 0.25) is 18.0 Å². The lowest BCUT2D eigenvalue weighted by molar-refractivity contribution is -0.672. The van der Waals surface area contributed by atoms with Gasteiger partial charge in [-0.1, -0.05) is 91.0 Å². The van der Waals surface area contributed by atoms with E-state index in [1.54, 1.807) is 41.1 Å². The first kappa shape index (κ1) is 60.7. The maximum absolute atomic E-state index is 14.2. The van der Waals surface area contributed by atoms with Gasteiger partial charge in [0.15, 0.2) is 6.20 Å². The van der Waals surface area contributed by atoms with E-state index in [0.29, 0.717) is 16.8 Å². The topological polar surface area (TPSA) is 20.9 Å². The van der Waals surface area contributed by atoms with E-state index in [4.69, 9.17) is 0 Å². The van der Waals surface area contributed by atoms with Crippen LogP contribution in [0.2, 0.25) is 0 Å². The molecule has 0 spiro atoms. The molecule has 0 saturated heterocycles. The summed E-state index contributed by atoms with van der Waals surface area (Å²) in [7, 11) is 0. The molecule has 1 heterocycles. The number of nitrogens with zero attached hydrogens (tertiary/aromatic N) is 1. The first-order valence-electron chi connectivity index (χ1n) is 21.7. The van der Waals surface area contributed by atoms with Crippen LogP contribution in [0.15, 0.2) is 152 Å². The number of hydrogen-bond acceptors (Lipinski definition) is 1. The van der Waals surface area contributed by atoms with Gasteiger partial charge in [-0.25, -0.2) is 4.39 Å². The smallest absolute Gasteiger partial charge is 0.287 e. The third-order valence-electron chi connectivity index (χ3n) is 11.9.